The lowest BCUT2D eigenvalue weighted by atomic mass is 10.1. The lowest BCUT2D eigenvalue weighted by Gasteiger charge is -2.23. The van der Waals surface area contributed by atoms with Crippen LogP contribution in [0, 0.1) is 0 Å². The van der Waals surface area contributed by atoms with Crippen LogP contribution in [0.2, 0.25) is 0 Å². The molecule has 0 aliphatic heterocycles. The predicted octanol–water partition coefficient (Wildman–Crippen LogP) is 4.26. The maximum Gasteiger partial charge on any atom is 0.433 e. The van der Waals surface area contributed by atoms with Crippen LogP contribution in [0.25, 0.3) is 0 Å². The van der Waals surface area contributed by atoms with E-state index in [0.717, 1.165) is 29.3 Å². The summed E-state index contributed by atoms with van der Waals surface area (Å²) >= 11 is 0. The standard InChI is InChI=1S/C15H11F6N3O/c16-14(17,18)8-2-1-3-10(6-8)24(9-4-5-9)13(25)11-7-22-23-12(11)15(19,20)21/h1-3,6-7,9H,4-5H2,(H,22,23). The van der Waals surface area contributed by atoms with Gasteiger partial charge in [-0.05, 0) is 31.0 Å². The summed E-state index contributed by atoms with van der Waals surface area (Å²) in [4.78, 5) is 13.6. The van der Waals surface area contributed by atoms with Crippen LogP contribution in [0.5, 0.6) is 0 Å². The molecule has 0 spiro atoms. The smallest absolute Gasteiger partial charge is 0.305 e. The summed E-state index contributed by atoms with van der Waals surface area (Å²) in [6, 6.07) is 3.52. The van der Waals surface area contributed by atoms with Crippen molar-refractivity contribution in [3.8, 4) is 0 Å². The number of carbonyl (C=O) groups is 1. The molecule has 1 aliphatic carbocycles. The molecule has 3 rings (SSSR count). The Morgan fingerprint density at radius 2 is 1.80 bits per heavy atom. The normalized spacial score (nSPS) is 15.3. The number of nitrogens with one attached hydrogen (secondary N) is 1. The summed E-state index contributed by atoms with van der Waals surface area (Å²) in [6.45, 7) is 0. The molecule has 0 saturated heterocycles. The van der Waals surface area contributed by atoms with E-state index in [-0.39, 0.29) is 5.69 Å². The number of nitrogens with zero attached hydrogens (tertiary/aromatic N) is 2. The molecule has 1 aromatic heterocycles. The highest BCUT2D eigenvalue weighted by molar-refractivity contribution is 6.07. The van der Waals surface area contributed by atoms with Crippen molar-refractivity contribution >= 4 is 11.6 Å². The first-order valence-corrected chi connectivity index (χ1v) is 7.20. The highest BCUT2D eigenvalue weighted by Gasteiger charge is 2.42. The fourth-order valence-electron chi connectivity index (χ4n) is 2.45. The number of halogens is 6. The molecule has 1 aromatic carbocycles. The number of H-pyrrole nitrogens is 1. The molecule has 10 heteroatoms. The van der Waals surface area contributed by atoms with Gasteiger partial charge in [-0.1, -0.05) is 6.07 Å². The summed E-state index contributed by atoms with van der Waals surface area (Å²) in [5.74, 6) is -1.04. The van der Waals surface area contributed by atoms with E-state index < -0.39 is 41.1 Å². The minimum Gasteiger partial charge on any atom is -0.305 e. The van der Waals surface area contributed by atoms with E-state index in [1.54, 1.807) is 5.10 Å². The van der Waals surface area contributed by atoms with Crippen LogP contribution in [-0.4, -0.2) is 22.1 Å². The van der Waals surface area contributed by atoms with Crippen LogP contribution in [0.1, 0.15) is 34.5 Å². The van der Waals surface area contributed by atoms with Crippen molar-refractivity contribution in [1.82, 2.24) is 10.2 Å². The first-order chi connectivity index (χ1) is 11.6. The van der Waals surface area contributed by atoms with Gasteiger partial charge in [-0.15, -0.1) is 0 Å². The van der Waals surface area contributed by atoms with Gasteiger partial charge >= 0.3 is 12.4 Å². The quantitative estimate of drug-likeness (QED) is 0.829. The average Bonchev–Trinajstić information content (AvgIpc) is 3.19. The second-order valence-electron chi connectivity index (χ2n) is 5.61. The summed E-state index contributed by atoms with van der Waals surface area (Å²) in [5, 5.41) is 4.98. The molecule has 1 saturated carbocycles. The second kappa shape index (κ2) is 5.78. The lowest BCUT2D eigenvalue weighted by Crippen LogP contribution is -2.34. The van der Waals surface area contributed by atoms with Crippen LogP contribution in [0.4, 0.5) is 32.0 Å². The Morgan fingerprint density at radius 3 is 2.36 bits per heavy atom. The molecule has 2 aromatic rings. The molecule has 1 aliphatic rings. The van der Waals surface area contributed by atoms with Crippen LogP contribution in [0.15, 0.2) is 30.5 Å². The number of anilines is 1. The Morgan fingerprint density at radius 1 is 1.12 bits per heavy atom. The maximum atomic E-state index is 13.0. The fourth-order valence-corrected chi connectivity index (χ4v) is 2.45. The van der Waals surface area contributed by atoms with E-state index in [4.69, 9.17) is 0 Å². The van der Waals surface area contributed by atoms with Crippen molar-refractivity contribution in [1.29, 1.82) is 0 Å². The van der Waals surface area contributed by atoms with Gasteiger partial charge < -0.3 is 4.90 Å². The number of aromatic nitrogens is 2. The number of benzene rings is 1. The Balaban J connectivity index is 2.01. The minimum absolute atomic E-state index is 0.100. The zero-order valence-corrected chi connectivity index (χ0v) is 12.4. The van der Waals surface area contributed by atoms with Crippen LogP contribution in [0.3, 0.4) is 0 Å². The topological polar surface area (TPSA) is 49.0 Å². The van der Waals surface area contributed by atoms with E-state index >= 15 is 0 Å². The van der Waals surface area contributed by atoms with E-state index in [9.17, 15) is 31.1 Å². The number of hydrogen-bond donors (Lipinski definition) is 1. The first-order valence-electron chi connectivity index (χ1n) is 7.20. The van der Waals surface area contributed by atoms with Gasteiger partial charge in [0.15, 0.2) is 5.69 Å². The molecule has 0 unspecified atom stereocenters. The Labute approximate surface area is 137 Å². The van der Waals surface area contributed by atoms with Crippen molar-refractivity contribution < 1.29 is 31.1 Å². The van der Waals surface area contributed by atoms with Gasteiger partial charge in [0.25, 0.3) is 5.91 Å². The van der Waals surface area contributed by atoms with Gasteiger partial charge in [-0.25, -0.2) is 0 Å². The van der Waals surface area contributed by atoms with Crippen LogP contribution < -0.4 is 4.90 Å². The van der Waals surface area contributed by atoms with E-state index in [2.05, 4.69) is 5.10 Å². The van der Waals surface area contributed by atoms with Gasteiger partial charge in [-0.2, -0.15) is 31.4 Å². The Kier molecular flexibility index (Phi) is 4.00. The molecule has 4 nitrogen and oxygen atoms in total. The number of aromatic amines is 1. The van der Waals surface area contributed by atoms with E-state index in [1.165, 1.54) is 6.07 Å². The maximum absolute atomic E-state index is 13.0. The number of carbonyl (C=O) groups excluding carboxylic acids is 1. The first kappa shape index (κ1) is 17.3. The number of hydrogen-bond acceptors (Lipinski definition) is 2. The molecule has 1 amide bonds. The molecule has 25 heavy (non-hydrogen) atoms. The molecule has 0 bridgehead atoms. The Hall–Kier alpha value is -2.52. The van der Waals surface area contributed by atoms with Crippen LogP contribution >= 0.6 is 0 Å². The number of rotatable bonds is 3. The largest absolute Gasteiger partial charge is 0.433 e. The molecule has 1 N–H and O–H groups in total. The molecule has 134 valence electrons. The summed E-state index contributed by atoms with van der Waals surface area (Å²) < 4.78 is 77.5. The summed E-state index contributed by atoms with van der Waals surface area (Å²) in [7, 11) is 0. The lowest BCUT2D eigenvalue weighted by molar-refractivity contribution is -0.141. The third-order valence-corrected chi connectivity index (χ3v) is 3.74. The summed E-state index contributed by atoms with van der Waals surface area (Å²) in [6.07, 6.45) is -7.72. The predicted molar refractivity (Wildman–Crippen MR) is 74.9 cm³/mol. The Bertz CT molecular complexity index is 791. The van der Waals surface area contributed by atoms with Crippen molar-refractivity contribution in [3.63, 3.8) is 0 Å². The molecule has 1 fully saturated rings. The van der Waals surface area contributed by atoms with Crippen LogP contribution in [-0.2, 0) is 12.4 Å². The zero-order valence-electron chi connectivity index (χ0n) is 12.4. The number of amides is 1. The van der Waals surface area contributed by atoms with Crippen molar-refractivity contribution in [2.24, 2.45) is 0 Å². The van der Waals surface area contributed by atoms with Gasteiger partial charge in [0.05, 0.1) is 17.3 Å². The van der Waals surface area contributed by atoms with E-state index in [0.29, 0.717) is 12.8 Å². The second-order valence-corrected chi connectivity index (χ2v) is 5.61. The number of alkyl halides is 6. The van der Waals surface area contributed by atoms with E-state index in [1.807, 2.05) is 0 Å². The highest BCUT2D eigenvalue weighted by Crippen LogP contribution is 2.38. The molecular formula is C15H11F6N3O. The fraction of sp³-hybridized carbons (Fsp3) is 0.333. The monoisotopic (exact) mass is 363 g/mol. The SMILES string of the molecule is O=C(c1cn[nH]c1C(F)(F)F)N(c1cccc(C(F)(F)F)c1)C1CC1. The molecule has 0 radical (unpaired) electrons. The third kappa shape index (κ3) is 3.47. The molecule has 1 heterocycles. The van der Waals surface area contributed by atoms with Crippen molar-refractivity contribution in [2.45, 2.75) is 31.2 Å². The molecule has 0 atom stereocenters. The van der Waals surface area contributed by atoms with Gasteiger partial charge in [-0.3, -0.25) is 9.89 Å². The highest BCUT2D eigenvalue weighted by atomic mass is 19.4. The van der Waals surface area contributed by atoms with Gasteiger partial charge in [0.2, 0.25) is 0 Å². The zero-order chi connectivity index (χ0) is 18.4. The van der Waals surface area contributed by atoms with Gasteiger partial charge in [0, 0.05) is 11.7 Å². The minimum atomic E-state index is -4.83. The third-order valence-electron chi connectivity index (χ3n) is 3.74. The van der Waals surface area contributed by atoms with Crippen molar-refractivity contribution in [3.05, 3.63) is 47.3 Å². The average molecular weight is 363 g/mol. The molecular weight excluding hydrogens is 352 g/mol. The summed E-state index contributed by atoms with van der Waals surface area (Å²) in [5.41, 5.74) is -3.13. The van der Waals surface area contributed by atoms with Crippen molar-refractivity contribution in [2.75, 3.05) is 4.90 Å². The van der Waals surface area contributed by atoms with Gasteiger partial charge in [0.1, 0.15) is 0 Å².